The van der Waals surface area contributed by atoms with E-state index in [4.69, 9.17) is 14.6 Å². The molecule has 1 aliphatic rings. The smallest absolute Gasteiger partial charge is 0.340 e. The second-order valence-corrected chi connectivity index (χ2v) is 11.6. The summed E-state index contributed by atoms with van der Waals surface area (Å²) in [5.74, 6) is 0.362. The number of benzene rings is 2. The minimum Gasteiger partial charge on any atom is -0.507 e. The Morgan fingerprint density at radius 3 is 2.51 bits per heavy atom. The fourth-order valence-electron chi connectivity index (χ4n) is 5.63. The van der Waals surface area contributed by atoms with Gasteiger partial charge in [-0.05, 0) is 31.2 Å². The standard InChI is InChI=1S/C33H40N4O5S/c1-3-42-33(40)31-29(23-43-25-9-5-4-6-10-25)35(2)28-20-26(24-8-7-11-34-21-24)32(39)27(30(28)31)22-37-14-12-36(13-15-37)16-18-41-19-17-38/h4-11,20-21,38-39H,3,12-19,22-23H2,1-2H3. The first-order valence-corrected chi connectivity index (χ1v) is 15.7. The fourth-order valence-corrected chi connectivity index (χ4v) is 6.62. The lowest BCUT2D eigenvalue weighted by Crippen LogP contribution is -2.46. The number of phenols is 1. The number of aryl methyl sites for hydroxylation is 1. The number of hydrogen-bond donors (Lipinski definition) is 2. The van der Waals surface area contributed by atoms with Gasteiger partial charge in [-0.3, -0.25) is 14.8 Å². The summed E-state index contributed by atoms with van der Waals surface area (Å²) in [6, 6.07) is 15.9. The number of aromatic nitrogens is 2. The van der Waals surface area contributed by atoms with Crippen LogP contribution in [-0.2, 0) is 28.8 Å². The normalized spacial score (nSPS) is 14.4. The molecule has 1 saturated heterocycles. The van der Waals surface area contributed by atoms with Gasteiger partial charge in [0, 0.05) is 97.1 Å². The molecule has 10 heteroatoms. The minimum absolute atomic E-state index is 0.0315. The molecule has 2 N–H and O–H groups in total. The summed E-state index contributed by atoms with van der Waals surface area (Å²) in [6.07, 6.45) is 3.47. The van der Waals surface area contributed by atoms with Crippen molar-refractivity contribution in [3.63, 3.8) is 0 Å². The van der Waals surface area contributed by atoms with Crippen LogP contribution in [0.3, 0.4) is 0 Å². The van der Waals surface area contributed by atoms with E-state index in [0.717, 1.165) is 65.3 Å². The summed E-state index contributed by atoms with van der Waals surface area (Å²) in [5, 5.41) is 21.6. The van der Waals surface area contributed by atoms with Crippen LogP contribution in [0.5, 0.6) is 5.75 Å². The van der Waals surface area contributed by atoms with Crippen molar-refractivity contribution in [2.45, 2.75) is 24.1 Å². The van der Waals surface area contributed by atoms with Crippen LogP contribution in [0.15, 0.2) is 65.8 Å². The average molecular weight is 605 g/mol. The Kier molecular flexibility index (Phi) is 10.7. The van der Waals surface area contributed by atoms with Crippen molar-refractivity contribution in [1.29, 1.82) is 0 Å². The number of thioether (sulfide) groups is 1. The van der Waals surface area contributed by atoms with Crippen molar-refractivity contribution < 1.29 is 24.5 Å². The third-order valence-corrected chi connectivity index (χ3v) is 8.91. The zero-order valence-corrected chi connectivity index (χ0v) is 25.7. The number of fused-ring (bicyclic) bond motifs is 1. The first kappa shape index (κ1) is 31.0. The summed E-state index contributed by atoms with van der Waals surface area (Å²) in [7, 11) is 1.98. The number of aromatic hydroxyl groups is 1. The molecule has 2 aromatic carbocycles. The van der Waals surface area contributed by atoms with Gasteiger partial charge in [0.25, 0.3) is 0 Å². The number of aliphatic hydroxyl groups is 1. The van der Waals surface area contributed by atoms with E-state index in [1.807, 2.05) is 50.4 Å². The Bertz CT molecular complexity index is 1500. The first-order valence-electron chi connectivity index (χ1n) is 14.8. The number of carbonyl (C=O) groups excluding carboxylic acids is 1. The Balaban J connectivity index is 1.55. The fraction of sp³-hybridized carbons (Fsp3) is 0.394. The van der Waals surface area contributed by atoms with Crippen molar-refractivity contribution in [3.8, 4) is 16.9 Å². The van der Waals surface area contributed by atoms with Gasteiger partial charge in [0.1, 0.15) is 5.75 Å². The van der Waals surface area contributed by atoms with Crippen LogP contribution in [0, 0.1) is 0 Å². The van der Waals surface area contributed by atoms with Gasteiger partial charge in [-0.25, -0.2) is 4.79 Å². The zero-order valence-electron chi connectivity index (χ0n) is 24.9. The van der Waals surface area contributed by atoms with Crippen LogP contribution in [-0.4, -0.2) is 94.7 Å². The van der Waals surface area contributed by atoms with Crippen LogP contribution >= 0.6 is 11.8 Å². The maximum Gasteiger partial charge on any atom is 0.340 e. The molecule has 3 heterocycles. The molecule has 0 saturated carbocycles. The Morgan fingerprint density at radius 2 is 1.81 bits per heavy atom. The third kappa shape index (κ3) is 7.22. The van der Waals surface area contributed by atoms with Crippen LogP contribution in [0.2, 0.25) is 0 Å². The molecule has 9 nitrogen and oxygen atoms in total. The van der Waals surface area contributed by atoms with Gasteiger partial charge in [0.05, 0.1) is 37.5 Å². The molecule has 228 valence electrons. The third-order valence-electron chi connectivity index (χ3n) is 7.89. The van der Waals surface area contributed by atoms with Gasteiger partial charge < -0.3 is 24.3 Å². The summed E-state index contributed by atoms with van der Waals surface area (Å²) in [5.41, 5.74) is 4.48. The molecule has 43 heavy (non-hydrogen) atoms. The highest BCUT2D eigenvalue weighted by atomic mass is 32.2. The maximum absolute atomic E-state index is 13.6. The van der Waals surface area contributed by atoms with E-state index in [-0.39, 0.29) is 24.9 Å². The van der Waals surface area contributed by atoms with Gasteiger partial charge in [0.2, 0.25) is 0 Å². The van der Waals surface area contributed by atoms with E-state index < -0.39 is 0 Å². The highest BCUT2D eigenvalue weighted by Gasteiger charge is 2.29. The van der Waals surface area contributed by atoms with E-state index in [2.05, 4.69) is 31.5 Å². The number of piperazine rings is 1. The molecular weight excluding hydrogens is 564 g/mol. The quantitative estimate of drug-likeness (QED) is 0.129. The molecular formula is C33H40N4O5S. The van der Waals surface area contributed by atoms with Crippen LogP contribution in [0.1, 0.15) is 28.5 Å². The summed E-state index contributed by atoms with van der Waals surface area (Å²) in [6.45, 7) is 7.73. The Hall–Kier alpha value is -3.41. The van der Waals surface area contributed by atoms with E-state index in [1.165, 1.54) is 0 Å². The van der Waals surface area contributed by atoms with Gasteiger partial charge in [-0.1, -0.05) is 24.3 Å². The van der Waals surface area contributed by atoms with Crippen molar-refractivity contribution in [2.75, 3.05) is 59.2 Å². The van der Waals surface area contributed by atoms with E-state index in [9.17, 15) is 9.90 Å². The molecule has 1 fully saturated rings. The highest BCUT2D eigenvalue weighted by Crippen LogP contribution is 2.42. The van der Waals surface area contributed by atoms with Gasteiger partial charge in [0.15, 0.2) is 0 Å². The molecule has 2 aromatic heterocycles. The van der Waals surface area contributed by atoms with Crippen molar-refractivity contribution >= 4 is 28.6 Å². The summed E-state index contributed by atoms with van der Waals surface area (Å²) >= 11 is 1.67. The van der Waals surface area contributed by atoms with E-state index in [0.29, 0.717) is 36.6 Å². The first-order chi connectivity index (χ1) is 21.0. The van der Waals surface area contributed by atoms with Gasteiger partial charge >= 0.3 is 5.97 Å². The lowest BCUT2D eigenvalue weighted by molar-refractivity contribution is 0.0527. The second kappa shape index (κ2) is 14.9. The summed E-state index contributed by atoms with van der Waals surface area (Å²) < 4.78 is 13.1. The predicted molar refractivity (Wildman–Crippen MR) is 169 cm³/mol. The molecule has 0 radical (unpaired) electrons. The number of ether oxygens (including phenoxy) is 2. The molecule has 0 atom stereocenters. The monoisotopic (exact) mass is 604 g/mol. The number of carbonyl (C=O) groups is 1. The largest absolute Gasteiger partial charge is 0.507 e. The van der Waals surface area contributed by atoms with E-state index >= 15 is 0 Å². The Morgan fingerprint density at radius 1 is 1.05 bits per heavy atom. The molecule has 0 unspecified atom stereocenters. The predicted octanol–water partition coefficient (Wildman–Crippen LogP) is 4.54. The van der Waals surface area contributed by atoms with Crippen molar-refractivity contribution in [2.24, 2.45) is 7.05 Å². The number of esters is 1. The number of pyridine rings is 1. The lowest BCUT2D eigenvalue weighted by atomic mass is 9.96. The van der Waals surface area contributed by atoms with Crippen LogP contribution < -0.4 is 0 Å². The SMILES string of the molecule is CCOC(=O)c1c(CSc2ccccc2)n(C)c2cc(-c3cccnc3)c(O)c(CN3CCN(CCOCCO)CC3)c12. The van der Waals surface area contributed by atoms with Gasteiger partial charge in [-0.2, -0.15) is 0 Å². The number of rotatable bonds is 13. The molecule has 4 aromatic rings. The maximum atomic E-state index is 13.6. The number of phenolic OH excluding ortho intramolecular Hbond substituents is 1. The molecule has 0 amide bonds. The van der Waals surface area contributed by atoms with Crippen LogP contribution in [0.4, 0.5) is 0 Å². The molecule has 0 aliphatic carbocycles. The zero-order chi connectivity index (χ0) is 30.2. The van der Waals surface area contributed by atoms with Gasteiger partial charge in [-0.15, -0.1) is 11.8 Å². The average Bonchev–Trinajstić information content (AvgIpc) is 3.32. The minimum atomic E-state index is -0.376. The lowest BCUT2D eigenvalue weighted by Gasteiger charge is -2.35. The Labute approximate surface area is 257 Å². The van der Waals surface area contributed by atoms with Crippen LogP contribution in [0.25, 0.3) is 22.0 Å². The molecule has 0 spiro atoms. The molecule has 1 aliphatic heterocycles. The number of hydrogen-bond acceptors (Lipinski definition) is 9. The second-order valence-electron chi connectivity index (χ2n) is 10.5. The summed E-state index contributed by atoms with van der Waals surface area (Å²) in [4.78, 5) is 23.7. The van der Waals surface area contributed by atoms with E-state index in [1.54, 1.807) is 24.2 Å². The molecule has 0 bridgehead atoms. The number of aliphatic hydroxyl groups excluding tert-OH is 1. The van der Waals surface area contributed by atoms with Crippen molar-refractivity contribution in [3.05, 3.63) is 77.7 Å². The topological polar surface area (TPSA) is 100 Å². The molecule has 5 rings (SSSR count). The number of nitrogens with zero attached hydrogens (tertiary/aromatic N) is 4. The van der Waals surface area contributed by atoms with Crippen molar-refractivity contribution in [1.82, 2.24) is 19.4 Å². The highest BCUT2D eigenvalue weighted by molar-refractivity contribution is 7.98.